The largest absolute Gasteiger partial charge is 0.125 e. The molecule has 0 saturated carbocycles. The van der Waals surface area contributed by atoms with Gasteiger partial charge in [-0.25, -0.2) is 0 Å². The van der Waals surface area contributed by atoms with Crippen molar-refractivity contribution >= 4 is 16.8 Å². The maximum absolute atomic E-state index is 3.08. The summed E-state index contributed by atoms with van der Waals surface area (Å²) in [6.07, 6.45) is 3.90. The number of benzene rings is 2. The minimum atomic E-state index is 1.20. The first-order valence-corrected chi connectivity index (χ1v) is 4.76. The Morgan fingerprint density at radius 2 is 1.79 bits per heavy atom. The summed E-state index contributed by atoms with van der Waals surface area (Å²) in [5.41, 5.74) is 4.28. The zero-order valence-corrected chi connectivity index (χ0v) is 8.20. The van der Waals surface area contributed by atoms with E-state index in [0.29, 0.717) is 0 Å². The Labute approximate surface area is 84.2 Å². The predicted octanol–water partition coefficient (Wildman–Crippen LogP) is 4.03. The van der Waals surface area contributed by atoms with Crippen molar-refractivity contribution in [2.75, 3.05) is 0 Å². The Morgan fingerprint density at radius 3 is 2.57 bits per heavy atom. The molecule has 0 nitrogen and oxygen atoms in total. The van der Waals surface area contributed by atoms with E-state index in [4.69, 9.17) is 0 Å². The topological polar surface area (TPSA) is 0 Å². The summed E-state index contributed by atoms with van der Waals surface area (Å²) >= 11 is 0. The lowest BCUT2D eigenvalue weighted by atomic mass is 10.1. The monoisotopic (exact) mass is 180 g/mol. The summed E-state index contributed by atoms with van der Waals surface area (Å²) in [5, 5.41) is 2.56. The zero-order chi connectivity index (χ0) is 9.80. The first-order chi connectivity index (χ1) is 6.90. The fourth-order valence-electron chi connectivity index (χ4n) is 1.48. The van der Waals surface area contributed by atoms with Crippen LogP contribution in [0.1, 0.15) is 12.5 Å². The molecule has 0 aromatic heterocycles. The second-order valence-corrected chi connectivity index (χ2v) is 3.21. The molecule has 0 amide bonds. The fourth-order valence-corrected chi connectivity index (χ4v) is 1.48. The van der Waals surface area contributed by atoms with Crippen LogP contribution in [0, 0.1) is 0 Å². The minimum absolute atomic E-state index is 1.20. The molecule has 0 heteroatoms. The minimum Gasteiger partial charge on any atom is -0.125 e. The summed E-state index contributed by atoms with van der Waals surface area (Å²) in [4.78, 5) is 0. The van der Waals surface area contributed by atoms with Crippen molar-refractivity contribution in [3.05, 3.63) is 59.8 Å². The van der Waals surface area contributed by atoms with Gasteiger partial charge in [-0.1, -0.05) is 36.4 Å². The van der Waals surface area contributed by atoms with E-state index in [1.807, 2.05) is 19.1 Å². The lowest BCUT2D eigenvalue weighted by molar-refractivity contribution is 1.70. The summed E-state index contributed by atoms with van der Waals surface area (Å²) in [6, 6.07) is 14.8. The van der Waals surface area contributed by atoms with E-state index in [1.54, 1.807) is 0 Å². The van der Waals surface area contributed by atoms with Gasteiger partial charge in [-0.2, -0.15) is 0 Å². The van der Waals surface area contributed by atoms with Crippen LogP contribution < -0.4 is 0 Å². The van der Waals surface area contributed by atoms with Crippen LogP contribution in [0.2, 0.25) is 0 Å². The van der Waals surface area contributed by atoms with Crippen LogP contribution in [0.25, 0.3) is 16.8 Å². The van der Waals surface area contributed by atoms with Gasteiger partial charge in [0.15, 0.2) is 0 Å². The van der Waals surface area contributed by atoms with Crippen molar-refractivity contribution in [1.82, 2.24) is 0 Å². The fraction of sp³-hybridized carbons (Fsp3) is 0.0714. The molecule has 0 bridgehead atoms. The van der Waals surface area contributed by atoms with Crippen LogP contribution in [0.3, 0.4) is 0 Å². The molecule has 2 rings (SSSR count). The number of allylic oxidation sites excluding steroid dienone is 1. The van der Waals surface area contributed by atoms with Gasteiger partial charge in [-0.3, -0.25) is 0 Å². The van der Waals surface area contributed by atoms with Crippen LogP contribution in [-0.4, -0.2) is 0 Å². The summed E-state index contributed by atoms with van der Waals surface area (Å²) in [6.45, 7) is 1.97. The highest BCUT2D eigenvalue weighted by molar-refractivity contribution is 5.84. The van der Waals surface area contributed by atoms with Gasteiger partial charge in [-0.15, -0.1) is 5.73 Å². The van der Waals surface area contributed by atoms with Gasteiger partial charge in [0.1, 0.15) is 0 Å². The highest BCUT2D eigenvalue weighted by Crippen LogP contribution is 2.15. The van der Waals surface area contributed by atoms with Crippen LogP contribution in [0.5, 0.6) is 0 Å². The molecular weight excluding hydrogens is 168 g/mol. The molecule has 0 fully saturated rings. The van der Waals surface area contributed by atoms with E-state index in [2.05, 4.69) is 48.2 Å². The van der Waals surface area contributed by atoms with Crippen molar-refractivity contribution in [2.24, 2.45) is 0 Å². The molecule has 0 N–H and O–H groups in total. The lowest BCUT2D eigenvalue weighted by Crippen LogP contribution is -1.73. The zero-order valence-electron chi connectivity index (χ0n) is 8.20. The highest BCUT2D eigenvalue weighted by Gasteiger charge is 1.91. The Morgan fingerprint density at radius 1 is 1.00 bits per heavy atom. The van der Waals surface area contributed by atoms with Gasteiger partial charge < -0.3 is 0 Å². The van der Waals surface area contributed by atoms with E-state index in [-0.39, 0.29) is 0 Å². The molecule has 0 aliphatic rings. The quantitative estimate of drug-likeness (QED) is 0.581. The van der Waals surface area contributed by atoms with Gasteiger partial charge in [0.05, 0.1) is 0 Å². The van der Waals surface area contributed by atoms with Crippen molar-refractivity contribution < 1.29 is 0 Å². The molecular formula is C14H12. The Kier molecular flexibility index (Phi) is 2.48. The Hall–Kier alpha value is -1.78. The van der Waals surface area contributed by atoms with Gasteiger partial charge in [0.25, 0.3) is 0 Å². The normalized spacial score (nSPS) is 9.50. The van der Waals surface area contributed by atoms with Gasteiger partial charge in [0.2, 0.25) is 0 Å². The SMILES string of the molecule is CC=C=Cc1ccc2ccccc2c1. The van der Waals surface area contributed by atoms with Gasteiger partial charge >= 0.3 is 0 Å². The van der Waals surface area contributed by atoms with E-state index in [0.717, 1.165) is 0 Å². The smallest absolute Gasteiger partial charge is 0.0130 e. The van der Waals surface area contributed by atoms with Crippen molar-refractivity contribution in [3.8, 4) is 0 Å². The third kappa shape index (κ3) is 1.76. The number of fused-ring (bicyclic) bond motifs is 1. The highest BCUT2D eigenvalue weighted by atomic mass is 14.0. The second-order valence-electron chi connectivity index (χ2n) is 3.21. The first kappa shape index (κ1) is 8.80. The number of hydrogen-bond acceptors (Lipinski definition) is 0. The van der Waals surface area contributed by atoms with Crippen molar-refractivity contribution in [1.29, 1.82) is 0 Å². The molecule has 0 aliphatic heterocycles. The van der Waals surface area contributed by atoms with Gasteiger partial charge in [-0.05, 0) is 41.5 Å². The standard InChI is InChI=1S/C14H12/c1-2-3-6-12-9-10-13-7-4-5-8-14(13)11-12/h2,4-11H,1H3. The average Bonchev–Trinajstić information content (AvgIpc) is 2.26. The molecule has 2 aromatic carbocycles. The molecule has 0 heterocycles. The number of rotatable bonds is 1. The summed E-state index contributed by atoms with van der Waals surface area (Å²) in [5.74, 6) is 0. The number of hydrogen-bond donors (Lipinski definition) is 0. The summed E-state index contributed by atoms with van der Waals surface area (Å²) in [7, 11) is 0. The predicted molar refractivity (Wildman–Crippen MR) is 62.2 cm³/mol. The molecule has 0 aliphatic carbocycles. The molecule has 14 heavy (non-hydrogen) atoms. The third-order valence-corrected chi connectivity index (χ3v) is 2.19. The van der Waals surface area contributed by atoms with Crippen LogP contribution in [0.15, 0.2) is 54.3 Å². The maximum Gasteiger partial charge on any atom is -0.0130 e. The van der Waals surface area contributed by atoms with Crippen LogP contribution in [-0.2, 0) is 0 Å². The molecule has 68 valence electrons. The summed E-state index contributed by atoms with van der Waals surface area (Å²) < 4.78 is 0. The van der Waals surface area contributed by atoms with Crippen LogP contribution >= 0.6 is 0 Å². The van der Waals surface area contributed by atoms with E-state index in [1.165, 1.54) is 16.3 Å². The Balaban J connectivity index is 2.56. The van der Waals surface area contributed by atoms with Crippen molar-refractivity contribution in [3.63, 3.8) is 0 Å². The van der Waals surface area contributed by atoms with Crippen LogP contribution in [0.4, 0.5) is 0 Å². The van der Waals surface area contributed by atoms with E-state index >= 15 is 0 Å². The molecule has 0 spiro atoms. The van der Waals surface area contributed by atoms with Gasteiger partial charge in [0, 0.05) is 0 Å². The second kappa shape index (κ2) is 3.95. The first-order valence-electron chi connectivity index (χ1n) is 4.76. The molecule has 2 aromatic rings. The average molecular weight is 180 g/mol. The maximum atomic E-state index is 3.08. The molecule has 0 saturated heterocycles. The lowest BCUT2D eigenvalue weighted by Gasteiger charge is -1.97. The third-order valence-electron chi connectivity index (χ3n) is 2.19. The Bertz CT molecular complexity index is 500. The van der Waals surface area contributed by atoms with E-state index < -0.39 is 0 Å². The van der Waals surface area contributed by atoms with Crippen molar-refractivity contribution in [2.45, 2.75) is 6.92 Å². The molecule has 0 atom stereocenters. The van der Waals surface area contributed by atoms with E-state index in [9.17, 15) is 0 Å². The molecule has 0 radical (unpaired) electrons. The molecule has 0 unspecified atom stereocenters.